The molecule has 176 valence electrons. The molecule has 0 saturated carbocycles. The van der Waals surface area contributed by atoms with E-state index in [1.807, 2.05) is 42.5 Å². The Balaban J connectivity index is 1.73. The summed E-state index contributed by atoms with van der Waals surface area (Å²) in [5.41, 5.74) is 1.68. The minimum atomic E-state index is -2.79. The first-order chi connectivity index (χ1) is 16.2. The molecule has 0 saturated heterocycles. The van der Waals surface area contributed by atoms with E-state index in [2.05, 4.69) is 45.0 Å². The number of benzene rings is 3. The van der Waals surface area contributed by atoms with Gasteiger partial charge in [-0.05, 0) is 38.7 Å². The highest BCUT2D eigenvalue weighted by atomic mass is 28.4. The molecule has 3 aromatic carbocycles. The molecule has 6 heteroatoms. The molecule has 4 rings (SSSR count). The van der Waals surface area contributed by atoms with Gasteiger partial charge in [-0.1, -0.05) is 99.6 Å². The third kappa shape index (κ3) is 4.56. The third-order valence-corrected chi connectivity index (χ3v) is 11.5. The highest BCUT2D eigenvalue weighted by Crippen LogP contribution is 2.37. The van der Waals surface area contributed by atoms with Gasteiger partial charge in [-0.25, -0.2) is 9.18 Å². The van der Waals surface area contributed by atoms with E-state index < -0.39 is 20.5 Å². The number of carboxylic acid groups (broad SMARTS) is 1. The van der Waals surface area contributed by atoms with Crippen molar-refractivity contribution in [2.75, 3.05) is 13.2 Å². The molecule has 34 heavy (non-hydrogen) atoms. The van der Waals surface area contributed by atoms with Crippen LogP contribution < -0.4 is 10.4 Å². The number of nitrogens with zero attached hydrogens (tertiary/aromatic N) is 1. The molecule has 0 aliphatic carbocycles. The minimum absolute atomic E-state index is 0.203. The summed E-state index contributed by atoms with van der Waals surface area (Å²) in [6.45, 7) is 7.08. The van der Waals surface area contributed by atoms with Crippen LogP contribution in [0.4, 0.5) is 9.18 Å². The van der Waals surface area contributed by atoms with E-state index in [1.165, 1.54) is 17.0 Å². The third-order valence-electron chi connectivity index (χ3n) is 6.48. The number of halogens is 1. The van der Waals surface area contributed by atoms with Crippen LogP contribution in [0.2, 0.25) is 5.04 Å². The highest BCUT2D eigenvalue weighted by Gasteiger charge is 2.50. The number of hydrogen-bond acceptors (Lipinski definition) is 2. The summed E-state index contributed by atoms with van der Waals surface area (Å²) in [5.74, 6) is -0.316. The van der Waals surface area contributed by atoms with Crippen molar-refractivity contribution in [1.29, 1.82) is 0 Å². The maximum atomic E-state index is 13.4. The van der Waals surface area contributed by atoms with Crippen LogP contribution in [0.15, 0.2) is 91.0 Å². The maximum Gasteiger partial charge on any atom is 0.408 e. The average Bonchev–Trinajstić information content (AvgIpc) is 3.25. The van der Waals surface area contributed by atoms with Crippen molar-refractivity contribution in [2.24, 2.45) is 0 Å². The second-order valence-corrected chi connectivity index (χ2v) is 14.0. The minimum Gasteiger partial charge on any atom is -0.465 e. The predicted molar refractivity (Wildman–Crippen MR) is 136 cm³/mol. The standard InChI is InChI=1S/C28H30FNO3Si/c1-28(2,3)34(25-10-6-4-7-11-25,26-12-8-5-9-13-26)33-20-24-18-22(19-30(24)27(31)32)21-14-16-23(29)17-15-21/h4-18,24H,19-20H2,1-3H3,(H,31,32). The van der Waals surface area contributed by atoms with Crippen LogP contribution in [0, 0.1) is 5.82 Å². The zero-order valence-electron chi connectivity index (χ0n) is 19.7. The molecule has 0 bridgehead atoms. The number of carbonyl (C=O) groups is 1. The number of amides is 1. The Labute approximate surface area is 201 Å². The van der Waals surface area contributed by atoms with Crippen molar-refractivity contribution in [3.63, 3.8) is 0 Å². The van der Waals surface area contributed by atoms with E-state index in [1.54, 1.807) is 12.1 Å². The van der Waals surface area contributed by atoms with Crippen molar-refractivity contribution < 1.29 is 18.7 Å². The molecule has 3 aromatic rings. The Morgan fingerprint density at radius 3 is 1.97 bits per heavy atom. The first-order valence-corrected chi connectivity index (χ1v) is 13.3. The second-order valence-electron chi connectivity index (χ2n) is 9.65. The number of rotatable bonds is 6. The molecule has 1 aliphatic rings. The van der Waals surface area contributed by atoms with Gasteiger partial charge in [-0.2, -0.15) is 0 Å². The first kappa shape index (κ1) is 23.9. The molecule has 4 nitrogen and oxygen atoms in total. The van der Waals surface area contributed by atoms with Gasteiger partial charge in [0.15, 0.2) is 0 Å². The maximum absolute atomic E-state index is 13.4. The van der Waals surface area contributed by atoms with Gasteiger partial charge >= 0.3 is 6.09 Å². The Hall–Kier alpha value is -3.22. The Kier molecular flexibility index (Phi) is 6.73. The molecular weight excluding hydrogens is 445 g/mol. The van der Waals surface area contributed by atoms with Crippen LogP contribution in [-0.4, -0.2) is 43.6 Å². The molecule has 1 N–H and O–H groups in total. The monoisotopic (exact) mass is 475 g/mol. The topological polar surface area (TPSA) is 49.8 Å². The molecule has 1 unspecified atom stereocenters. The van der Waals surface area contributed by atoms with Gasteiger partial charge < -0.3 is 9.53 Å². The molecule has 0 fully saturated rings. The quantitative estimate of drug-likeness (QED) is 0.502. The summed E-state index contributed by atoms with van der Waals surface area (Å²) < 4.78 is 20.4. The van der Waals surface area contributed by atoms with Crippen LogP contribution in [-0.2, 0) is 4.43 Å². The van der Waals surface area contributed by atoms with E-state index in [4.69, 9.17) is 4.43 Å². The summed E-state index contributed by atoms with van der Waals surface area (Å²) in [5, 5.41) is 12.0. The molecular formula is C28H30FNO3Si. The largest absolute Gasteiger partial charge is 0.465 e. The van der Waals surface area contributed by atoms with Gasteiger partial charge in [0.1, 0.15) is 5.82 Å². The summed E-state index contributed by atoms with van der Waals surface area (Å²) in [7, 11) is -2.79. The van der Waals surface area contributed by atoms with Crippen LogP contribution in [0.25, 0.3) is 5.57 Å². The zero-order valence-corrected chi connectivity index (χ0v) is 20.7. The second kappa shape index (κ2) is 9.56. The molecule has 1 atom stereocenters. The highest BCUT2D eigenvalue weighted by molar-refractivity contribution is 6.99. The molecule has 1 aliphatic heterocycles. The SMILES string of the molecule is CC(C)(C)[Si](OCC1C=C(c2ccc(F)cc2)CN1C(=O)O)(c1ccccc1)c1ccccc1. The smallest absolute Gasteiger partial charge is 0.408 e. The lowest BCUT2D eigenvalue weighted by atomic mass is 10.1. The van der Waals surface area contributed by atoms with Crippen LogP contribution >= 0.6 is 0 Å². The van der Waals surface area contributed by atoms with Gasteiger partial charge in [0.25, 0.3) is 8.32 Å². The fourth-order valence-corrected chi connectivity index (χ4v) is 9.42. The summed E-state index contributed by atoms with van der Waals surface area (Å²) >= 11 is 0. The van der Waals surface area contributed by atoms with E-state index in [-0.39, 0.29) is 24.0 Å². The molecule has 1 heterocycles. The van der Waals surface area contributed by atoms with Crippen molar-refractivity contribution in [3.05, 3.63) is 102 Å². The van der Waals surface area contributed by atoms with Gasteiger partial charge in [0.2, 0.25) is 0 Å². The normalized spacial score (nSPS) is 16.4. The lowest BCUT2D eigenvalue weighted by molar-refractivity contribution is 0.128. The van der Waals surface area contributed by atoms with Gasteiger partial charge in [-0.3, -0.25) is 4.90 Å². The lowest BCUT2D eigenvalue weighted by Crippen LogP contribution is -2.67. The molecule has 0 spiro atoms. The van der Waals surface area contributed by atoms with Crippen molar-refractivity contribution in [2.45, 2.75) is 31.9 Å². The van der Waals surface area contributed by atoms with Crippen LogP contribution in [0.3, 0.4) is 0 Å². The average molecular weight is 476 g/mol. The van der Waals surface area contributed by atoms with E-state index in [9.17, 15) is 14.3 Å². The van der Waals surface area contributed by atoms with E-state index >= 15 is 0 Å². The Morgan fingerprint density at radius 2 is 1.50 bits per heavy atom. The van der Waals surface area contributed by atoms with Crippen molar-refractivity contribution in [1.82, 2.24) is 4.90 Å². The fourth-order valence-electron chi connectivity index (χ4n) is 4.85. The van der Waals surface area contributed by atoms with Gasteiger partial charge in [-0.15, -0.1) is 0 Å². The zero-order chi connectivity index (χ0) is 24.3. The lowest BCUT2D eigenvalue weighted by Gasteiger charge is -2.43. The summed E-state index contributed by atoms with van der Waals surface area (Å²) in [4.78, 5) is 13.5. The van der Waals surface area contributed by atoms with Crippen LogP contribution in [0.1, 0.15) is 26.3 Å². The van der Waals surface area contributed by atoms with Crippen molar-refractivity contribution >= 4 is 30.4 Å². The molecule has 1 amide bonds. The number of hydrogen-bond donors (Lipinski definition) is 1. The summed E-state index contributed by atoms with van der Waals surface area (Å²) in [6, 6.07) is 26.3. The van der Waals surface area contributed by atoms with Gasteiger partial charge in [0, 0.05) is 0 Å². The van der Waals surface area contributed by atoms with Crippen LogP contribution in [0.5, 0.6) is 0 Å². The Morgan fingerprint density at radius 1 is 0.971 bits per heavy atom. The molecule has 0 radical (unpaired) electrons. The van der Waals surface area contributed by atoms with E-state index in [0.29, 0.717) is 0 Å². The first-order valence-electron chi connectivity index (χ1n) is 11.4. The molecule has 0 aromatic heterocycles. The van der Waals surface area contributed by atoms with Gasteiger partial charge in [0.05, 0.1) is 19.2 Å². The van der Waals surface area contributed by atoms with Crippen molar-refractivity contribution in [3.8, 4) is 0 Å². The Bertz CT molecular complexity index is 1120. The predicted octanol–water partition coefficient (Wildman–Crippen LogP) is 5.15. The van der Waals surface area contributed by atoms with E-state index in [0.717, 1.165) is 21.5 Å². The summed E-state index contributed by atoms with van der Waals surface area (Å²) in [6.07, 6.45) is 0.948. The fraction of sp³-hybridized carbons (Fsp3) is 0.250.